The zero-order valence-electron chi connectivity index (χ0n) is 11.0. The number of ether oxygens (including phenoxy) is 1. The minimum absolute atomic E-state index is 0.194. The summed E-state index contributed by atoms with van der Waals surface area (Å²) in [4.78, 5) is 2.38. The number of hydrogen-bond donors (Lipinski definition) is 1. The third-order valence-electron chi connectivity index (χ3n) is 3.33. The second-order valence-electron chi connectivity index (χ2n) is 4.89. The van der Waals surface area contributed by atoms with Gasteiger partial charge in [-0.15, -0.1) is 0 Å². The number of nitrogens with zero attached hydrogens (tertiary/aromatic N) is 1. The maximum absolute atomic E-state index is 13.4. The highest BCUT2D eigenvalue weighted by molar-refractivity contribution is 5.44. The molecule has 0 radical (unpaired) electrons. The van der Waals surface area contributed by atoms with Crippen LogP contribution in [0.4, 0.5) is 10.1 Å². The Kier molecular flexibility index (Phi) is 4.55. The summed E-state index contributed by atoms with van der Waals surface area (Å²) < 4.78 is 19.0. The Hall–Kier alpha value is -1.13. The Morgan fingerprint density at radius 3 is 2.94 bits per heavy atom. The molecule has 18 heavy (non-hydrogen) atoms. The molecule has 1 saturated heterocycles. The van der Waals surface area contributed by atoms with Crippen LogP contribution in [0.2, 0.25) is 0 Å². The first-order chi connectivity index (χ1) is 8.66. The Labute approximate surface area is 108 Å². The van der Waals surface area contributed by atoms with Crippen LogP contribution in [0.1, 0.15) is 13.8 Å². The van der Waals surface area contributed by atoms with Gasteiger partial charge in [0.1, 0.15) is 5.82 Å². The summed E-state index contributed by atoms with van der Waals surface area (Å²) in [5.41, 5.74) is 0.575. The summed E-state index contributed by atoms with van der Waals surface area (Å²) >= 11 is 0. The van der Waals surface area contributed by atoms with Crippen LogP contribution in [-0.4, -0.2) is 43.3 Å². The number of para-hydroxylation sites is 1. The Morgan fingerprint density at radius 1 is 1.39 bits per heavy atom. The van der Waals surface area contributed by atoms with Crippen molar-refractivity contribution in [1.29, 1.82) is 0 Å². The maximum atomic E-state index is 13.4. The molecule has 100 valence electrons. The van der Waals surface area contributed by atoms with E-state index in [1.807, 2.05) is 6.07 Å². The lowest BCUT2D eigenvalue weighted by Crippen LogP contribution is -2.48. The van der Waals surface area contributed by atoms with E-state index in [1.165, 1.54) is 6.07 Å². The SMILES string of the molecule is CC1CN(CCNc2ccccc2F)C(C)CO1. The molecule has 1 aromatic rings. The zero-order valence-corrected chi connectivity index (χ0v) is 11.0. The first kappa shape index (κ1) is 13.3. The lowest BCUT2D eigenvalue weighted by Gasteiger charge is -2.36. The van der Waals surface area contributed by atoms with Gasteiger partial charge in [0.2, 0.25) is 0 Å². The second-order valence-corrected chi connectivity index (χ2v) is 4.89. The number of nitrogens with one attached hydrogen (secondary N) is 1. The fourth-order valence-electron chi connectivity index (χ4n) is 2.22. The van der Waals surface area contributed by atoms with Crippen LogP contribution in [0.3, 0.4) is 0 Å². The van der Waals surface area contributed by atoms with Crippen LogP contribution in [0.5, 0.6) is 0 Å². The molecule has 2 rings (SSSR count). The minimum Gasteiger partial charge on any atom is -0.381 e. The standard InChI is InChI=1S/C14H21FN2O/c1-11-10-18-12(2)9-17(11)8-7-16-14-6-4-3-5-13(14)15/h3-6,11-12,16H,7-10H2,1-2H3. The Morgan fingerprint density at radius 2 is 2.17 bits per heavy atom. The summed E-state index contributed by atoms with van der Waals surface area (Å²) in [6.45, 7) is 7.63. The van der Waals surface area contributed by atoms with Crippen LogP contribution in [0.15, 0.2) is 24.3 Å². The molecule has 1 aliphatic rings. The van der Waals surface area contributed by atoms with Crippen LogP contribution in [0.25, 0.3) is 0 Å². The van der Waals surface area contributed by atoms with E-state index in [9.17, 15) is 4.39 Å². The van der Waals surface area contributed by atoms with Gasteiger partial charge in [0.15, 0.2) is 0 Å². The van der Waals surface area contributed by atoms with E-state index in [0.717, 1.165) is 26.2 Å². The van der Waals surface area contributed by atoms with Gasteiger partial charge in [0.05, 0.1) is 18.4 Å². The Bertz CT molecular complexity index is 386. The molecule has 0 bridgehead atoms. The van der Waals surface area contributed by atoms with Gasteiger partial charge in [-0.25, -0.2) is 4.39 Å². The van der Waals surface area contributed by atoms with E-state index in [2.05, 4.69) is 24.1 Å². The van der Waals surface area contributed by atoms with Gasteiger partial charge in [-0.3, -0.25) is 4.90 Å². The molecular formula is C14H21FN2O. The van der Waals surface area contributed by atoms with Crippen LogP contribution >= 0.6 is 0 Å². The van der Waals surface area contributed by atoms with Crippen molar-refractivity contribution in [3.8, 4) is 0 Å². The normalized spacial score (nSPS) is 25.1. The third-order valence-corrected chi connectivity index (χ3v) is 3.33. The van der Waals surface area contributed by atoms with E-state index in [-0.39, 0.29) is 11.9 Å². The number of rotatable bonds is 4. The highest BCUT2D eigenvalue weighted by atomic mass is 19.1. The zero-order chi connectivity index (χ0) is 13.0. The average molecular weight is 252 g/mol. The molecule has 0 amide bonds. The lowest BCUT2D eigenvalue weighted by atomic mass is 10.2. The van der Waals surface area contributed by atoms with Crippen molar-refractivity contribution in [2.24, 2.45) is 0 Å². The first-order valence-corrected chi connectivity index (χ1v) is 6.51. The average Bonchev–Trinajstić information content (AvgIpc) is 2.36. The van der Waals surface area contributed by atoms with Crippen molar-refractivity contribution >= 4 is 5.69 Å². The largest absolute Gasteiger partial charge is 0.381 e. The van der Waals surface area contributed by atoms with E-state index in [1.54, 1.807) is 12.1 Å². The highest BCUT2D eigenvalue weighted by Crippen LogP contribution is 2.13. The molecule has 1 aliphatic heterocycles. The predicted octanol–water partition coefficient (Wildman–Crippen LogP) is 2.35. The molecule has 2 unspecified atom stereocenters. The van der Waals surface area contributed by atoms with Crippen molar-refractivity contribution in [3.63, 3.8) is 0 Å². The minimum atomic E-state index is -0.194. The second kappa shape index (κ2) is 6.16. The number of benzene rings is 1. The molecule has 0 saturated carbocycles. The lowest BCUT2D eigenvalue weighted by molar-refractivity contribution is -0.0476. The summed E-state index contributed by atoms with van der Waals surface area (Å²) in [7, 11) is 0. The summed E-state index contributed by atoms with van der Waals surface area (Å²) in [6.07, 6.45) is 0.287. The van der Waals surface area contributed by atoms with Crippen molar-refractivity contribution in [2.75, 3.05) is 31.6 Å². The monoisotopic (exact) mass is 252 g/mol. The topological polar surface area (TPSA) is 24.5 Å². The Balaban J connectivity index is 1.79. The van der Waals surface area contributed by atoms with Gasteiger partial charge in [-0.05, 0) is 26.0 Å². The van der Waals surface area contributed by atoms with Crippen molar-refractivity contribution in [2.45, 2.75) is 26.0 Å². The summed E-state index contributed by atoms with van der Waals surface area (Å²) in [5, 5.41) is 3.14. The fourth-order valence-corrected chi connectivity index (χ4v) is 2.22. The predicted molar refractivity (Wildman–Crippen MR) is 71.3 cm³/mol. The van der Waals surface area contributed by atoms with Gasteiger partial charge in [0, 0.05) is 25.7 Å². The number of anilines is 1. The molecule has 1 heterocycles. The molecule has 0 aliphatic carbocycles. The molecule has 1 fully saturated rings. The van der Waals surface area contributed by atoms with E-state index in [4.69, 9.17) is 4.74 Å². The van der Waals surface area contributed by atoms with Gasteiger partial charge >= 0.3 is 0 Å². The quantitative estimate of drug-likeness (QED) is 0.890. The molecular weight excluding hydrogens is 231 g/mol. The maximum Gasteiger partial charge on any atom is 0.146 e. The first-order valence-electron chi connectivity index (χ1n) is 6.51. The summed E-state index contributed by atoms with van der Waals surface area (Å²) in [5.74, 6) is -0.194. The third kappa shape index (κ3) is 3.43. The van der Waals surface area contributed by atoms with Crippen LogP contribution < -0.4 is 5.32 Å². The molecule has 1 N–H and O–H groups in total. The van der Waals surface area contributed by atoms with Crippen molar-refractivity contribution in [1.82, 2.24) is 4.90 Å². The number of morpholine rings is 1. The van der Waals surface area contributed by atoms with Gasteiger partial charge < -0.3 is 10.1 Å². The van der Waals surface area contributed by atoms with Gasteiger partial charge in [-0.1, -0.05) is 12.1 Å². The van der Waals surface area contributed by atoms with Crippen LogP contribution in [-0.2, 0) is 4.74 Å². The van der Waals surface area contributed by atoms with Gasteiger partial charge in [0.25, 0.3) is 0 Å². The fraction of sp³-hybridized carbons (Fsp3) is 0.571. The molecule has 4 heteroatoms. The number of halogens is 1. The van der Waals surface area contributed by atoms with E-state index < -0.39 is 0 Å². The molecule has 0 aromatic heterocycles. The van der Waals surface area contributed by atoms with Crippen LogP contribution in [0, 0.1) is 5.82 Å². The highest BCUT2D eigenvalue weighted by Gasteiger charge is 2.22. The molecule has 3 nitrogen and oxygen atoms in total. The van der Waals surface area contributed by atoms with Crippen molar-refractivity contribution < 1.29 is 9.13 Å². The molecule has 2 atom stereocenters. The van der Waals surface area contributed by atoms with E-state index in [0.29, 0.717) is 11.7 Å². The smallest absolute Gasteiger partial charge is 0.146 e. The van der Waals surface area contributed by atoms with Gasteiger partial charge in [-0.2, -0.15) is 0 Å². The molecule has 1 aromatic carbocycles. The molecule has 0 spiro atoms. The van der Waals surface area contributed by atoms with E-state index >= 15 is 0 Å². The van der Waals surface area contributed by atoms with Crippen molar-refractivity contribution in [3.05, 3.63) is 30.1 Å². The summed E-state index contributed by atoms with van der Waals surface area (Å²) in [6, 6.07) is 7.21. The number of hydrogen-bond acceptors (Lipinski definition) is 3.